The zero-order valence-electron chi connectivity index (χ0n) is 6.72. The van der Waals surface area contributed by atoms with Gasteiger partial charge >= 0.3 is 0 Å². The lowest BCUT2D eigenvalue weighted by Gasteiger charge is -1.99. The SMILES string of the molecule is C[CH]c1ccc2c(c1)CNC2. The van der Waals surface area contributed by atoms with E-state index in [0.29, 0.717) is 0 Å². The molecule has 1 nitrogen and oxygen atoms in total. The van der Waals surface area contributed by atoms with Crippen molar-refractivity contribution in [3.63, 3.8) is 0 Å². The van der Waals surface area contributed by atoms with Crippen molar-refractivity contribution in [3.05, 3.63) is 41.3 Å². The summed E-state index contributed by atoms with van der Waals surface area (Å²) in [5, 5.41) is 3.33. The van der Waals surface area contributed by atoms with Crippen LogP contribution >= 0.6 is 0 Å². The van der Waals surface area contributed by atoms with Gasteiger partial charge in [-0.15, -0.1) is 0 Å². The lowest BCUT2D eigenvalue weighted by atomic mass is 10.1. The van der Waals surface area contributed by atoms with E-state index in [1.54, 1.807) is 0 Å². The molecular formula is C10H12N. The van der Waals surface area contributed by atoms with Crippen molar-refractivity contribution in [1.82, 2.24) is 5.32 Å². The monoisotopic (exact) mass is 146 g/mol. The smallest absolute Gasteiger partial charge is 0.0212 e. The molecule has 0 saturated heterocycles. The maximum absolute atomic E-state index is 3.33. The van der Waals surface area contributed by atoms with E-state index in [1.807, 2.05) is 0 Å². The Hall–Kier alpha value is -0.820. The predicted molar refractivity (Wildman–Crippen MR) is 46.1 cm³/mol. The van der Waals surface area contributed by atoms with Crippen molar-refractivity contribution in [3.8, 4) is 0 Å². The molecule has 11 heavy (non-hydrogen) atoms. The molecule has 1 aromatic rings. The predicted octanol–water partition coefficient (Wildman–Crippen LogP) is 1.86. The fourth-order valence-corrected chi connectivity index (χ4v) is 1.49. The molecule has 1 aliphatic rings. The topological polar surface area (TPSA) is 12.0 Å². The third-order valence-corrected chi connectivity index (χ3v) is 2.19. The van der Waals surface area contributed by atoms with Crippen LogP contribution in [-0.4, -0.2) is 0 Å². The van der Waals surface area contributed by atoms with E-state index >= 15 is 0 Å². The summed E-state index contributed by atoms with van der Waals surface area (Å²) in [4.78, 5) is 0. The Morgan fingerprint density at radius 2 is 2.09 bits per heavy atom. The van der Waals surface area contributed by atoms with Gasteiger partial charge in [0.1, 0.15) is 0 Å². The molecule has 2 rings (SSSR count). The number of benzene rings is 1. The molecule has 0 aromatic heterocycles. The van der Waals surface area contributed by atoms with Gasteiger partial charge in [-0.25, -0.2) is 0 Å². The molecule has 0 bridgehead atoms. The van der Waals surface area contributed by atoms with Crippen LogP contribution in [0.25, 0.3) is 0 Å². The molecule has 57 valence electrons. The summed E-state index contributed by atoms with van der Waals surface area (Å²) >= 11 is 0. The first-order valence-corrected chi connectivity index (χ1v) is 4.02. The third kappa shape index (κ3) is 1.16. The molecule has 1 heterocycles. The Balaban J connectivity index is 2.41. The minimum Gasteiger partial charge on any atom is -0.309 e. The lowest BCUT2D eigenvalue weighted by Crippen LogP contribution is -1.99. The van der Waals surface area contributed by atoms with Crippen molar-refractivity contribution in [1.29, 1.82) is 0 Å². The Morgan fingerprint density at radius 3 is 2.91 bits per heavy atom. The van der Waals surface area contributed by atoms with Crippen molar-refractivity contribution in [2.45, 2.75) is 20.0 Å². The quantitative estimate of drug-likeness (QED) is 0.637. The van der Waals surface area contributed by atoms with Crippen LogP contribution in [-0.2, 0) is 13.1 Å². The molecule has 0 fully saturated rings. The fourth-order valence-electron chi connectivity index (χ4n) is 1.49. The van der Waals surface area contributed by atoms with Crippen molar-refractivity contribution >= 4 is 0 Å². The molecule has 0 amide bonds. The van der Waals surface area contributed by atoms with Gasteiger partial charge in [0, 0.05) is 13.1 Å². The molecule has 0 aliphatic carbocycles. The van der Waals surface area contributed by atoms with Crippen LogP contribution in [0, 0.1) is 6.42 Å². The Labute approximate surface area is 67.4 Å². The summed E-state index contributed by atoms with van der Waals surface area (Å²) in [5.41, 5.74) is 4.24. The van der Waals surface area contributed by atoms with Gasteiger partial charge in [-0.3, -0.25) is 0 Å². The van der Waals surface area contributed by atoms with Gasteiger partial charge in [-0.2, -0.15) is 0 Å². The Bertz CT molecular complexity index is 266. The standard InChI is InChI=1S/C10H12N/c1-2-8-3-4-9-6-11-7-10(9)5-8/h2-5,11H,6-7H2,1H3. The summed E-state index contributed by atoms with van der Waals surface area (Å²) < 4.78 is 0. The normalized spacial score (nSPS) is 15.0. The molecular weight excluding hydrogens is 134 g/mol. The first-order chi connectivity index (χ1) is 5.40. The first kappa shape index (κ1) is 6.86. The highest BCUT2D eigenvalue weighted by Gasteiger charge is 2.08. The van der Waals surface area contributed by atoms with Crippen LogP contribution in [0.4, 0.5) is 0 Å². The van der Waals surface area contributed by atoms with Gasteiger partial charge in [-0.1, -0.05) is 25.1 Å². The van der Waals surface area contributed by atoms with E-state index in [0.717, 1.165) is 13.1 Å². The van der Waals surface area contributed by atoms with Gasteiger partial charge in [0.25, 0.3) is 0 Å². The van der Waals surface area contributed by atoms with E-state index in [4.69, 9.17) is 0 Å². The van der Waals surface area contributed by atoms with Gasteiger partial charge in [-0.05, 0) is 23.1 Å². The van der Waals surface area contributed by atoms with E-state index in [1.165, 1.54) is 16.7 Å². The second kappa shape index (κ2) is 2.67. The average Bonchev–Trinajstić information content (AvgIpc) is 2.50. The maximum Gasteiger partial charge on any atom is 0.0212 e. The van der Waals surface area contributed by atoms with E-state index in [-0.39, 0.29) is 0 Å². The summed E-state index contributed by atoms with van der Waals surface area (Å²) in [6.07, 6.45) is 2.14. The summed E-state index contributed by atoms with van der Waals surface area (Å²) in [6.45, 7) is 4.15. The largest absolute Gasteiger partial charge is 0.309 e. The molecule has 1 heteroatoms. The van der Waals surface area contributed by atoms with Crippen LogP contribution in [0.3, 0.4) is 0 Å². The van der Waals surface area contributed by atoms with Gasteiger partial charge in [0.05, 0.1) is 0 Å². The zero-order valence-corrected chi connectivity index (χ0v) is 6.72. The molecule has 0 unspecified atom stereocenters. The van der Waals surface area contributed by atoms with Gasteiger partial charge < -0.3 is 5.32 Å². The number of fused-ring (bicyclic) bond motifs is 1. The number of hydrogen-bond acceptors (Lipinski definition) is 1. The summed E-state index contributed by atoms with van der Waals surface area (Å²) in [6, 6.07) is 6.64. The van der Waals surface area contributed by atoms with Crippen LogP contribution in [0.5, 0.6) is 0 Å². The molecule has 0 atom stereocenters. The zero-order chi connectivity index (χ0) is 7.68. The molecule has 1 radical (unpaired) electrons. The van der Waals surface area contributed by atoms with Crippen LogP contribution in [0.2, 0.25) is 0 Å². The van der Waals surface area contributed by atoms with E-state index in [9.17, 15) is 0 Å². The summed E-state index contributed by atoms with van der Waals surface area (Å²) in [7, 11) is 0. The molecule has 0 saturated carbocycles. The van der Waals surface area contributed by atoms with Crippen molar-refractivity contribution in [2.75, 3.05) is 0 Å². The third-order valence-electron chi connectivity index (χ3n) is 2.19. The van der Waals surface area contributed by atoms with Crippen LogP contribution in [0.15, 0.2) is 18.2 Å². The number of rotatable bonds is 1. The van der Waals surface area contributed by atoms with Gasteiger partial charge in [0.15, 0.2) is 0 Å². The van der Waals surface area contributed by atoms with Crippen molar-refractivity contribution < 1.29 is 0 Å². The Morgan fingerprint density at radius 1 is 1.27 bits per heavy atom. The first-order valence-electron chi connectivity index (χ1n) is 4.02. The van der Waals surface area contributed by atoms with E-state index in [2.05, 4.69) is 36.9 Å². The number of nitrogens with one attached hydrogen (secondary N) is 1. The second-order valence-electron chi connectivity index (χ2n) is 2.92. The highest BCUT2D eigenvalue weighted by Crippen LogP contribution is 2.17. The minimum atomic E-state index is 1.04. The van der Waals surface area contributed by atoms with Crippen molar-refractivity contribution in [2.24, 2.45) is 0 Å². The molecule has 1 aliphatic heterocycles. The molecule has 1 N–H and O–H groups in total. The fraction of sp³-hybridized carbons (Fsp3) is 0.300. The lowest BCUT2D eigenvalue weighted by molar-refractivity contribution is 0.765. The molecule has 0 spiro atoms. The molecule has 1 aromatic carbocycles. The van der Waals surface area contributed by atoms with Crippen LogP contribution in [0.1, 0.15) is 23.6 Å². The number of hydrogen-bond donors (Lipinski definition) is 1. The highest BCUT2D eigenvalue weighted by molar-refractivity contribution is 5.36. The van der Waals surface area contributed by atoms with Gasteiger partial charge in [0.2, 0.25) is 0 Å². The van der Waals surface area contributed by atoms with Crippen LogP contribution < -0.4 is 5.32 Å². The highest BCUT2D eigenvalue weighted by atomic mass is 14.9. The minimum absolute atomic E-state index is 1.04. The average molecular weight is 146 g/mol. The Kier molecular flexibility index (Phi) is 1.66. The van der Waals surface area contributed by atoms with E-state index < -0.39 is 0 Å². The second-order valence-corrected chi connectivity index (χ2v) is 2.92. The maximum atomic E-state index is 3.33. The summed E-state index contributed by atoms with van der Waals surface area (Å²) in [5.74, 6) is 0.